The van der Waals surface area contributed by atoms with Crippen molar-refractivity contribution >= 4 is 5.82 Å². The predicted molar refractivity (Wildman–Crippen MR) is 83.9 cm³/mol. The Morgan fingerprint density at radius 3 is 2.55 bits per heavy atom. The van der Waals surface area contributed by atoms with E-state index in [1.54, 1.807) is 0 Å². The molecule has 1 fully saturated rings. The maximum absolute atomic E-state index is 4.36. The molecule has 0 saturated heterocycles. The third kappa shape index (κ3) is 4.75. The van der Waals surface area contributed by atoms with Gasteiger partial charge in [0.25, 0.3) is 0 Å². The van der Waals surface area contributed by atoms with Gasteiger partial charge in [-0.1, -0.05) is 33.1 Å². The number of hydrogen-bond donors (Lipinski definition) is 1. The lowest BCUT2D eigenvalue weighted by molar-refractivity contribution is 0.361. The number of rotatable bonds is 6. The molecule has 0 bridgehead atoms. The van der Waals surface area contributed by atoms with Crippen LogP contribution in [0.1, 0.15) is 51.6 Å². The minimum Gasteiger partial charge on any atom is -0.358 e. The molecule has 1 aromatic rings. The molecule has 112 valence electrons. The highest BCUT2D eigenvalue weighted by Gasteiger charge is 2.16. The zero-order chi connectivity index (χ0) is 14.4. The fourth-order valence-electron chi connectivity index (χ4n) is 2.81. The molecule has 1 aromatic heterocycles. The van der Waals surface area contributed by atoms with E-state index >= 15 is 0 Å². The maximum atomic E-state index is 4.36. The Hall–Kier alpha value is -1.16. The quantitative estimate of drug-likeness (QED) is 0.867. The molecule has 0 spiro atoms. The van der Waals surface area contributed by atoms with Crippen LogP contribution in [0, 0.1) is 5.92 Å². The lowest BCUT2D eigenvalue weighted by Gasteiger charge is -2.27. The smallest absolute Gasteiger partial charge is 0.150 e. The molecule has 2 rings (SSSR count). The zero-order valence-electron chi connectivity index (χ0n) is 13.1. The van der Waals surface area contributed by atoms with Crippen molar-refractivity contribution in [2.24, 2.45) is 5.92 Å². The second-order valence-corrected chi connectivity index (χ2v) is 6.30. The van der Waals surface area contributed by atoms with Gasteiger partial charge in [0.15, 0.2) is 5.82 Å². The lowest BCUT2D eigenvalue weighted by Crippen LogP contribution is -2.28. The normalized spacial score (nSPS) is 16.6. The molecule has 0 atom stereocenters. The Morgan fingerprint density at radius 1 is 1.20 bits per heavy atom. The number of aromatic nitrogens is 2. The second-order valence-electron chi connectivity index (χ2n) is 6.30. The summed E-state index contributed by atoms with van der Waals surface area (Å²) in [5.74, 6) is 1.82. The standard InChI is InChI=1S/C16H28N4/c1-13(2)17-11-15-9-10-16(19-18-15)20(3)12-14-7-5-4-6-8-14/h9-10,13-14,17H,4-8,11-12H2,1-3H3. The SMILES string of the molecule is CC(C)NCc1ccc(N(C)CC2CCCCC2)nn1. The van der Waals surface area contributed by atoms with Gasteiger partial charge in [-0.05, 0) is 30.9 Å². The predicted octanol–water partition coefficient (Wildman–Crippen LogP) is 2.99. The summed E-state index contributed by atoms with van der Waals surface area (Å²) in [5.41, 5.74) is 1.01. The van der Waals surface area contributed by atoms with Crippen LogP contribution in [0.3, 0.4) is 0 Å². The zero-order valence-corrected chi connectivity index (χ0v) is 13.1. The molecular weight excluding hydrogens is 248 g/mol. The molecule has 4 nitrogen and oxygen atoms in total. The molecule has 4 heteroatoms. The van der Waals surface area contributed by atoms with Crippen molar-refractivity contribution in [3.63, 3.8) is 0 Å². The van der Waals surface area contributed by atoms with Crippen molar-refractivity contribution in [2.75, 3.05) is 18.5 Å². The van der Waals surface area contributed by atoms with Crippen LogP contribution < -0.4 is 10.2 Å². The van der Waals surface area contributed by atoms with Gasteiger partial charge in [-0.15, -0.1) is 5.10 Å². The van der Waals surface area contributed by atoms with Gasteiger partial charge >= 0.3 is 0 Å². The van der Waals surface area contributed by atoms with Crippen molar-refractivity contribution < 1.29 is 0 Å². The van der Waals surface area contributed by atoms with Gasteiger partial charge in [0, 0.05) is 26.2 Å². The van der Waals surface area contributed by atoms with Crippen LogP contribution in [0.15, 0.2) is 12.1 Å². The first kappa shape index (κ1) is 15.2. The van der Waals surface area contributed by atoms with Crippen molar-refractivity contribution in [1.82, 2.24) is 15.5 Å². The second kappa shape index (κ2) is 7.58. The summed E-state index contributed by atoms with van der Waals surface area (Å²) in [6.07, 6.45) is 6.94. The summed E-state index contributed by atoms with van der Waals surface area (Å²) >= 11 is 0. The van der Waals surface area contributed by atoms with Crippen LogP contribution in [0.2, 0.25) is 0 Å². The molecule has 1 aliphatic carbocycles. The van der Waals surface area contributed by atoms with E-state index in [4.69, 9.17) is 0 Å². The average Bonchev–Trinajstić information content (AvgIpc) is 2.46. The van der Waals surface area contributed by atoms with Crippen LogP contribution >= 0.6 is 0 Å². The Morgan fingerprint density at radius 2 is 1.95 bits per heavy atom. The first-order valence-electron chi connectivity index (χ1n) is 7.92. The molecule has 0 aliphatic heterocycles. The molecule has 0 amide bonds. The third-order valence-corrected chi connectivity index (χ3v) is 4.05. The molecule has 0 aromatic carbocycles. The Kier molecular flexibility index (Phi) is 5.77. The highest BCUT2D eigenvalue weighted by atomic mass is 15.2. The topological polar surface area (TPSA) is 41.0 Å². The van der Waals surface area contributed by atoms with Gasteiger partial charge in [0.1, 0.15) is 0 Å². The van der Waals surface area contributed by atoms with Crippen LogP contribution in [0.5, 0.6) is 0 Å². The number of hydrogen-bond acceptors (Lipinski definition) is 4. The highest BCUT2D eigenvalue weighted by Crippen LogP contribution is 2.25. The summed E-state index contributed by atoms with van der Waals surface area (Å²) < 4.78 is 0. The van der Waals surface area contributed by atoms with Gasteiger partial charge < -0.3 is 10.2 Å². The van der Waals surface area contributed by atoms with E-state index in [0.29, 0.717) is 6.04 Å². The molecule has 1 aliphatic rings. The van der Waals surface area contributed by atoms with Crippen LogP contribution in [-0.4, -0.2) is 29.8 Å². The summed E-state index contributed by atoms with van der Waals surface area (Å²) in [5, 5.41) is 12.0. The average molecular weight is 276 g/mol. The minimum absolute atomic E-state index is 0.477. The van der Waals surface area contributed by atoms with Crippen molar-refractivity contribution in [3.8, 4) is 0 Å². The lowest BCUT2D eigenvalue weighted by atomic mass is 9.89. The first-order chi connectivity index (χ1) is 9.65. The largest absolute Gasteiger partial charge is 0.358 e. The molecular formula is C16H28N4. The fraction of sp³-hybridized carbons (Fsp3) is 0.750. The monoisotopic (exact) mass is 276 g/mol. The van der Waals surface area contributed by atoms with E-state index in [1.165, 1.54) is 32.1 Å². The summed E-state index contributed by atoms with van der Waals surface area (Å²) in [4.78, 5) is 2.25. The van der Waals surface area contributed by atoms with Crippen LogP contribution in [0.25, 0.3) is 0 Å². The number of nitrogens with zero attached hydrogens (tertiary/aromatic N) is 3. The molecule has 1 saturated carbocycles. The van der Waals surface area contributed by atoms with Gasteiger partial charge in [-0.25, -0.2) is 0 Å². The van der Waals surface area contributed by atoms with E-state index in [-0.39, 0.29) is 0 Å². The maximum Gasteiger partial charge on any atom is 0.150 e. The van der Waals surface area contributed by atoms with Gasteiger partial charge in [-0.2, -0.15) is 5.10 Å². The molecule has 1 heterocycles. The van der Waals surface area contributed by atoms with Gasteiger partial charge in [-0.3, -0.25) is 0 Å². The summed E-state index contributed by atoms with van der Waals surface area (Å²) in [6, 6.07) is 4.65. The van der Waals surface area contributed by atoms with Crippen molar-refractivity contribution in [3.05, 3.63) is 17.8 Å². The van der Waals surface area contributed by atoms with Crippen LogP contribution in [-0.2, 0) is 6.54 Å². The summed E-state index contributed by atoms with van der Waals surface area (Å²) in [7, 11) is 2.13. The highest BCUT2D eigenvalue weighted by molar-refractivity contribution is 5.36. The van der Waals surface area contributed by atoms with Gasteiger partial charge in [0.05, 0.1) is 5.69 Å². The number of nitrogens with one attached hydrogen (secondary N) is 1. The van der Waals surface area contributed by atoms with E-state index in [2.05, 4.69) is 53.4 Å². The molecule has 1 N–H and O–H groups in total. The molecule has 20 heavy (non-hydrogen) atoms. The Balaban J connectivity index is 1.84. The number of anilines is 1. The third-order valence-electron chi connectivity index (χ3n) is 4.05. The van der Waals surface area contributed by atoms with Crippen molar-refractivity contribution in [1.29, 1.82) is 0 Å². The molecule has 0 radical (unpaired) electrons. The Bertz CT molecular complexity index is 382. The van der Waals surface area contributed by atoms with E-state index in [1.807, 2.05) is 0 Å². The van der Waals surface area contributed by atoms with Gasteiger partial charge in [0.2, 0.25) is 0 Å². The summed E-state index contributed by atoms with van der Waals surface area (Å²) in [6.45, 7) is 6.18. The van der Waals surface area contributed by atoms with E-state index < -0.39 is 0 Å². The Labute approximate surface area is 123 Å². The van der Waals surface area contributed by atoms with E-state index in [0.717, 1.165) is 30.5 Å². The molecule has 0 unspecified atom stereocenters. The van der Waals surface area contributed by atoms with Crippen LogP contribution in [0.4, 0.5) is 5.82 Å². The van der Waals surface area contributed by atoms with E-state index in [9.17, 15) is 0 Å². The fourth-order valence-corrected chi connectivity index (χ4v) is 2.81. The minimum atomic E-state index is 0.477. The van der Waals surface area contributed by atoms with Crippen molar-refractivity contribution in [2.45, 2.75) is 58.5 Å². The first-order valence-corrected chi connectivity index (χ1v) is 7.92.